The fraction of sp³-hybridized carbons (Fsp3) is 0.750. The van der Waals surface area contributed by atoms with Gasteiger partial charge in [0.25, 0.3) is 0 Å². The van der Waals surface area contributed by atoms with Crippen molar-refractivity contribution >= 4 is 11.9 Å². The molecule has 0 aromatic carbocycles. The summed E-state index contributed by atoms with van der Waals surface area (Å²) in [4.78, 5) is 25.0. The summed E-state index contributed by atoms with van der Waals surface area (Å²) in [6, 6.07) is 0. The fourth-order valence-corrected chi connectivity index (χ4v) is 4.91. The van der Waals surface area contributed by atoms with Gasteiger partial charge in [-0.1, -0.05) is 45.8 Å². The number of allylic oxidation sites excluding steroid dienone is 3. The van der Waals surface area contributed by atoms with Gasteiger partial charge in [0.05, 0.1) is 18.4 Å². The molecule has 1 fully saturated rings. The van der Waals surface area contributed by atoms with E-state index in [9.17, 15) is 14.7 Å². The fourth-order valence-electron chi connectivity index (χ4n) is 4.91. The molecule has 1 N–H and O–H groups in total. The zero-order chi connectivity index (χ0) is 27.9. The van der Waals surface area contributed by atoms with E-state index in [1.54, 1.807) is 0 Å². The number of hydrogen-bond acceptors (Lipinski definition) is 5. The maximum Gasteiger partial charge on any atom is 0.308 e. The molecule has 3 rings (SSSR count). The van der Waals surface area contributed by atoms with Crippen LogP contribution in [0.3, 0.4) is 0 Å². The first kappa shape index (κ1) is 13.6. The molecule has 29 heavy (non-hydrogen) atoms. The minimum absolute atomic E-state index is 0.0113. The van der Waals surface area contributed by atoms with Gasteiger partial charge in [0.2, 0.25) is 0 Å². The molecule has 2 aliphatic carbocycles. The summed E-state index contributed by atoms with van der Waals surface area (Å²) < 4.78 is 72.8. The Balaban J connectivity index is 1.86. The third-order valence-corrected chi connectivity index (χ3v) is 6.30. The number of carbonyl (C=O) groups is 2. The summed E-state index contributed by atoms with van der Waals surface area (Å²) in [5.41, 5.74) is 0.921. The van der Waals surface area contributed by atoms with Gasteiger partial charge in [-0.15, -0.1) is 0 Å². The first-order valence-electron chi connectivity index (χ1n) is 14.4. The minimum atomic E-state index is -3.34. The topological polar surface area (TPSA) is 72.8 Å². The highest BCUT2D eigenvalue weighted by atomic mass is 16.5. The SMILES string of the molecule is [2H]C([2H])([2H])[C@H](C(=O)O[C@H]1C[C@@H](C)C=C2C=C[C@H](C)[C@H](CCC3C[C@@H](O)CC(=O)O3)[C@H]21)C([2H])([2H])C([2H])([2H])[2H]. The van der Waals surface area contributed by atoms with Crippen molar-refractivity contribution in [2.75, 3.05) is 0 Å². The van der Waals surface area contributed by atoms with Crippen LogP contribution in [0.25, 0.3) is 0 Å². The van der Waals surface area contributed by atoms with Crippen molar-refractivity contribution in [2.24, 2.45) is 29.6 Å². The van der Waals surface area contributed by atoms with Gasteiger partial charge >= 0.3 is 11.9 Å². The lowest BCUT2D eigenvalue weighted by molar-refractivity contribution is -0.162. The lowest BCUT2D eigenvalue weighted by atomic mass is 9.65. The van der Waals surface area contributed by atoms with E-state index in [4.69, 9.17) is 20.4 Å². The van der Waals surface area contributed by atoms with E-state index in [0.717, 1.165) is 5.57 Å². The van der Waals surface area contributed by atoms with E-state index in [2.05, 4.69) is 6.08 Å². The summed E-state index contributed by atoms with van der Waals surface area (Å²) >= 11 is 0. The summed E-state index contributed by atoms with van der Waals surface area (Å²) in [5.74, 6) is -4.65. The number of cyclic esters (lactones) is 1. The molecule has 1 saturated heterocycles. The van der Waals surface area contributed by atoms with Crippen LogP contribution in [0.4, 0.5) is 0 Å². The molecular weight excluding hydrogens is 368 g/mol. The average molecular weight is 413 g/mol. The first-order chi connectivity index (χ1) is 16.9. The lowest BCUT2D eigenvalue weighted by Crippen LogP contribution is -2.42. The molecule has 0 radical (unpaired) electrons. The second-order valence-corrected chi connectivity index (χ2v) is 8.62. The summed E-state index contributed by atoms with van der Waals surface area (Å²) in [6.45, 7) is -2.63. The predicted molar refractivity (Wildman–Crippen MR) is 111 cm³/mol. The Morgan fingerprint density at radius 2 is 2.24 bits per heavy atom. The third kappa shape index (κ3) is 5.30. The van der Waals surface area contributed by atoms with Crippen LogP contribution in [0.1, 0.15) is 77.0 Å². The van der Waals surface area contributed by atoms with Gasteiger partial charge in [-0.05, 0) is 49.0 Å². The van der Waals surface area contributed by atoms with Crippen molar-refractivity contribution in [1.29, 1.82) is 0 Å². The number of ether oxygens (including phenoxy) is 2. The minimum Gasteiger partial charge on any atom is -0.462 e. The van der Waals surface area contributed by atoms with E-state index in [-0.39, 0.29) is 30.1 Å². The maximum atomic E-state index is 13.2. The van der Waals surface area contributed by atoms with Crippen LogP contribution in [0.5, 0.6) is 0 Å². The molecule has 5 nitrogen and oxygen atoms in total. The largest absolute Gasteiger partial charge is 0.462 e. The van der Waals surface area contributed by atoms with Crippen molar-refractivity contribution in [3.05, 3.63) is 23.8 Å². The van der Waals surface area contributed by atoms with Crippen LogP contribution in [0, 0.1) is 29.6 Å². The van der Waals surface area contributed by atoms with Gasteiger partial charge in [-0.25, -0.2) is 0 Å². The van der Waals surface area contributed by atoms with Crippen molar-refractivity contribution in [3.8, 4) is 0 Å². The van der Waals surface area contributed by atoms with Gasteiger partial charge in [0.1, 0.15) is 12.2 Å². The average Bonchev–Trinajstić information content (AvgIpc) is 2.70. The summed E-state index contributed by atoms with van der Waals surface area (Å²) in [6.07, 6.45) is 2.54. The first-order valence-corrected chi connectivity index (χ1v) is 10.4. The number of carbonyl (C=O) groups excluding carboxylic acids is 2. The van der Waals surface area contributed by atoms with Gasteiger partial charge in [-0.2, -0.15) is 0 Å². The molecule has 162 valence electrons. The molecule has 8 atom stereocenters. The molecule has 5 heteroatoms. The molecule has 3 aliphatic rings. The highest BCUT2D eigenvalue weighted by Crippen LogP contribution is 2.45. The monoisotopic (exact) mass is 412 g/mol. The van der Waals surface area contributed by atoms with Crippen LogP contribution in [0.2, 0.25) is 0 Å². The Morgan fingerprint density at radius 1 is 1.41 bits per heavy atom. The smallest absolute Gasteiger partial charge is 0.308 e. The van der Waals surface area contributed by atoms with Crippen LogP contribution in [0.15, 0.2) is 23.8 Å². The third-order valence-electron chi connectivity index (χ3n) is 6.30. The number of hydrogen-bond donors (Lipinski definition) is 1. The normalized spacial score (nSPS) is 43.3. The molecule has 0 bridgehead atoms. The number of aliphatic hydroxyl groups excluding tert-OH is 1. The Bertz CT molecular complexity index is 925. The molecule has 0 aromatic rings. The summed E-state index contributed by atoms with van der Waals surface area (Å²) in [7, 11) is 0. The molecule has 0 saturated carbocycles. The van der Waals surface area contributed by atoms with Gasteiger partial charge < -0.3 is 14.6 Å². The van der Waals surface area contributed by atoms with E-state index in [0.29, 0.717) is 25.7 Å². The van der Waals surface area contributed by atoms with Gasteiger partial charge in [0.15, 0.2) is 0 Å². The Labute approximate surface area is 185 Å². The molecular formula is C24H36O5. The summed E-state index contributed by atoms with van der Waals surface area (Å²) in [5, 5.41) is 9.94. The molecule has 1 heterocycles. The van der Waals surface area contributed by atoms with E-state index >= 15 is 0 Å². The maximum absolute atomic E-state index is 13.2. The molecule has 0 aromatic heterocycles. The van der Waals surface area contributed by atoms with E-state index in [1.807, 2.05) is 26.0 Å². The standard InChI is InChI=1S/C24H36O5/c1-5-15(3)24(27)29-21-11-14(2)10-17-7-6-16(4)20(23(17)21)9-8-19-12-18(25)13-22(26)28-19/h6-7,10,14-16,18-21,23,25H,5,8-9,11-13H2,1-4H3/t14-,15-,16-,18+,19?,20-,21-,23-/m0/s1/i1D3,3D3,5D2. The lowest BCUT2D eigenvalue weighted by Gasteiger charge is -2.43. The zero-order valence-corrected chi connectivity index (χ0v) is 17.0. The predicted octanol–water partition coefficient (Wildman–Crippen LogP) is 4.20. The Hall–Kier alpha value is -1.62. The van der Waals surface area contributed by atoms with Crippen LogP contribution in [-0.4, -0.2) is 35.4 Å². The number of aliphatic hydroxyl groups is 1. The second kappa shape index (κ2) is 9.46. The number of esters is 2. The van der Waals surface area contributed by atoms with Crippen LogP contribution < -0.4 is 0 Å². The van der Waals surface area contributed by atoms with E-state index in [1.165, 1.54) is 0 Å². The molecule has 1 aliphatic heterocycles. The van der Waals surface area contributed by atoms with Gasteiger partial charge in [-0.3, -0.25) is 9.59 Å². The van der Waals surface area contributed by atoms with Crippen molar-refractivity contribution in [3.63, 3.8) is 0 Å². The number of rotatable bonds is 6. The van der Waals surface area contributed by atoms with Crippen LogP contribution in [-0.2, 0) is 19.1 Å². The Kier molecular flexibility index (Phi) is 4.45. The quantitative estimate of drug-likeness (QED) is 0.662. The van der Waals surface area contributed by atoms with E-state index < -0.39 is 56.2 Å². The zero-order valence-electron chi connectivity index (χ0n) is 25.0. The second-order valence-electron chi connectivity index (χ2n) is 8.62. The highest BCUT2D eigenvalue weighted by molar-refractivity contribution is 5.72. The van der Waals surface area contributed by atoms with Crippen LogP contribution >= 0.6 is 0 Å². The van der Waals surface area contributed by atoms with Crippen molar-refractivity contribution in [1.82, 2.24) is 0 Å². The Morgan fingerprint density at radius 3 is 2.97 bits per heavy atom. The van der Waals surface area contributed by atoms with Crippen molar-refractivity contribution < 1.29 is 35.1 Å². The number of fused-ring (bicyclic) bond motifs is 1. The highest BCUT2D eigenvalue weighted by Gasteiger charge is 2.42. The van der Waals surface area contributed by atoms with Gasteiger partial charge in [0, 0.05) is 23.3 Å². The molecule has 0 spiro atoms. The molecule has 1 unspecified atom stereocenters. The van der Waals surface area contributed by atoms with Crippen molar-refractivity contribution in [2.45, 2.75) is 84.3 Å². The molecule has 0 amide bonds.